The molecule has 0 fully saturated rings. The summed E-state index contributed by atoms with van der Waals surface area (Å²) in [7, 11) is 0. The number of aryl methyl sites for hydroxylation is 1. The van der Waals surface area contributed by atoms with E-state index in [1.165, 1.54) is 0 Å². The third-order valence-corrected chi connectivity index (χ3v) is 3.81. The predicted molar refractivity (Wildman–Crippen MR) is 99.4 cm³/mol. The summed E-state index contributed by atoms with van der Waals surface area (Å²) in [6.45, 7) is 4.16. The van der Waals surface area contributed by atoms with Crippen LogP contribution >= 0.6 is 11.6 Å². The number of hydrazone groups is 1. The van der Waals surface area contributed by atoms with Gasteiger partial charge in [0.2, 0.25) is 5.91 Å². The molecule has 0 aliphatic rings. The molecule has 0 heterocycles. The molecule has 0 unspecified atom stereocenters. The van der Waals surface area contributed by atoms with Gasteiger partial charge < -0.3 is 9.84 Å². The Hall–Kier alpha value is -2.53. The molecule has 0 aliphatic heterocycles. The number of carbonyl (C=O) groups excluding carboxylic acids is 1. The fourth-order valence-corrected chi connectivity index (χ4v) is 2.39. The van der Waals surface area contributed by atoms with Gasteiger partial charge >= 0.3 is 0 Å². The molecule has 132 valence electrons. The second-order valence-corrected chi connectivity index (χ2v) is 6.08. The minimum absolute atomic E-state index is 0.172. The van der Waals surface area contributed by atoms with Gasteiger partial charge in [-0.15, -0.1) is 0 Å². The topological polar surface area (TPSA) is 70.9 Å². The van der Waals surface area contributed by atoms with Crippen LogP contribution in [0.15, 0.2) is 47.6 Å². The maximum absolute atomic E-state index is 11.8. The van der Waals surface area contributed by atoms with Crippen LogP contribution in [0.2, 0.25) is 5.02 Å². The van der Waals surface area contributed by atoms with Crippen LogP contribution in [-0.4, -0.2) is 23.3 Å². The number of nitrogens with one attached hydrogen (secondary N) is 1. The predicted octanol–water partition coefficient (Wildman–Crippen LogP) is 4.05. The van der Waals surface area contributed by atoms with E-state index in [1.54, 1.807) is 37.3 Å². The van der Waals surface area contributed by atoms with Crippen molar-refractivity contribution in [2.45, 2.75) is 26.7 Å². The molecule has 2 N–H and O–H groups in total. The van der Waals surface area contributed by atoms with E-state index in [0.29, 0.717) is 30.2 Å². The average Bonchev–Trinajstić information content (AvgIpc) is 2.58. The van der Waals surface area contributed by atoms with Crippen molar-refractivity contribution >= 4 is 23.2 Å². The van der Waals surface area contributed by atoms with Crippen LogP contribution in [0, 0.1) is 6.92 Å². The SMILES string of the molecule is C/C(=N\NC(=O)CCCOc1ccc(Cl)cc1C)c1ccc(O)cc1. The van der Waals surface area contributed by atoms with Gasteiger partial charge in [0, 0.05) is 11.4 Å². The molecule has 2 rings (SSSR count). The first-order valence-electron chi connectivity index (χ1n) is 7.97. The molecule has 2 aromatic carbocycles. The highest BCUT2D eigenvalue weighted by Crippen LogP contribution is 2.21. The van der Waals surface area contributed by atoms with Gasteiger partial charge in [-0.05, 0) is 73.9 Å². The van der Waals surface area contributed by atoms with E-state index in [4.69, 9.17) is 16.3 Å². The number of amides is 1. The summed E-state index contributed by atoms with van der Waals surface area (Å²) in [6, 6.07) is 12.1. The first-order valence-corrected chi connectivity index (χ1v) is 8.35. The number of halogens is 1. The summed E-state index contributed by atoms with van der Waals surface area (Å²) >= 11 is 5.90. The Balaban J connectivity index is 1.73. The van der Waals surface area contributed by atoms with Crippen molar-refractivity contribution < 1.29 is 14.6 Å². The Kier molecular flexibility index (Phi) is 6.83. The van der Waals surface area contributed by atoms with E-state index in [9.17, 15) is 9.90 Å². The highest BCUT2D eigenvalue weighted by molar-refractivity contribution is 6.30. The van der Waals surface area contributed by atoms with Gasteiger partial charge in [-0.2, -0.15) is 5.10 Å². The summed E-state index contributed by atoms with van der Waals surface area (Å²) in [5, 5.41) is 14.0. The van der Waals surface area contributed by atoms with Gasteiger partial charge in [-0.25, -0.2) is 5.43 Å². The highest BCUT2D eigenvalue weighted by atomic mass is 35.5. The molecular weight excluding hydrogens is 340 g/mol. The summed E-state index contributed by atoms with van der Waals surface area (Å²) in [5.41, 5.74) is 4.99. The lowest BCUT2D eigenvalue weighted by atomic mass is 10.1. The molecule has 1 amide bonds. The standard InChI is InChI=1S/C19H21ClN2O3/c1-13-12-16(20)7-10-18(13)25-11-3-4-19(24)22-21-14(2)15-5-8-17(23)9-6-15/h5-10,12,23H,3-4,11H2,1-2H3,(H,22,24)/b21-14+. The Labute approximate surface area is 152 Å². The van der Waals surface area contributed by atoms with E-state index >= 15 is 0 Å². The number of phenolic OH excluding ortho intramolecular Hbond substituents is 1. The van der Waals surface area contributed by atoms with Crippen molar-refractivity contribution in [3.63, 3.8) is 0 Å². The van der Waals surface area contributed by atoms with Crippen LogP contribution in [0.5, 0.6) is 11.5 Å². The number of rotatable bonds is 7. The molecule has 0 saturated heterocycles. The van der Waals surface area contributed by atoms with Crippen LogP contribution < -0.4 is 10.2 Å². The van der Waals surface area contributed by atoms with Crippen LogP contribution in [-0.2, 0) is 4.79 Å². The lowest BCUT2D eigenvalue weighted by molar-refractivity contribution is -0.121. The fourth-order valence-electron chi connectivity index (χ4n) is 2.16. The molecule has 25 heavy (non-hydrogen) atoms. The second-order valence-electron chi connectivity index (χ2n) is 5.64. The zero-order valence-corrected chi connectivity index (χ0v) is 15.0. The summed E-state index contributed by atoms with van der Waals surface area (Å²) in [5.74, 6) is 0.789. The van der Waals surface area contributed by atoms with Crippen LogP contribution in [0.3, 0.4) is 0 Å². The number of benzene rings is 2. The Morgan fingerprint density at radius 1 is 1.24 bits per heavy atom. The minimum Gasteiger partial charge on any atom is -0.508 e. The van der Waals surface area contributed by atoms with Crippen LogP contribution in [0.25, 0.3) is 0 Å². The average molecular weight is 361 g/mol. The lowest BCUT2D eigenvalue weighted by Crippen LogP contribution is -2.19. The molecule has 5 nitrogen and oxygen atoms in total. The van der Waals surface area contributed by atoms with Crippen molar-refractivity contribution in [1.29, 1.82) is 0 Å². The molecule has 2 aromatic rings. The molecule has 0 aliphatic carbocycles. The Morgan fingerprint density at radius 3 is 2.64 bits per heavy atom. The smallest absolute Gasteiger partial charge is 0.240 e. The normalized spacial score (nSPS) is 11.2. The zero-order chi connectivity index (χ0) is 18.2. The molecular formula is C19H21ClN2O3. The summed E-state index contributed by atoms with van der Waals surface area (Å²) in [4.78, 5) is 11.8. The summed E-state index contributed by atoms with van der Waals surface area (Å²) < 4.78 is 5.65. The zero-order valence-electron chi connectivity index (χ0n) is 14.3. The van der Waals surface area contributed by atoms with E-state index in [-0.39, 0.29) is 11.7 Å². The van der Waals surface area contributed by atoms with Gasteiger partial charge in [0.25, 0.3) is 0 Å². The maximum atomic E-state index is 11.8. The van der Waals surface area contributed by atoms with Crippen molar-refractivity contribution in [2.75, 3.05) is 6.61 Å². The Bertz CT molecular complexity index is 758. The number of hydrogen-bond donors (Lipinski definition) is 2. The molecule has 0 radical (unpaired) electrons. The lowest BCUT2D eigenvalue weighted by Gasteiger charge is -2.09. The van der Waals surface area contributed by atoms with E-state index in [2.05, 4.69) is 10.5 Å². The first kappa shape index (κ1) is 18.8. The molecule has 6 heteroatoms. The van der Waals surface area contributed by atoms with Crippen molar-refractivity contribution in [2.24, 2.45) is 5.10 Å². The monoisotopic (exact) mass is 360 g/mol. The van der Waals surface area contributed by atoms with Crippen LogP contribution in [0.4, 0.5) is 0 Å². The number of phenols is 1. The van der Waals surface area contributed by atoms with Crippen molar-refractivity contribution in [3.05, 3.63) is 58.6 Å². The molecule has 0 atom stereocenters. The third-order valence-electron chi connectivity index (χ3n) is 3.58. The largest absolute Gasteiger partial charge is 0.508 e. The number of nitrogens with zero attached hydrogens (tertiary/aromatic N) is 1. The van der Waals surface area contributed by atoms with Gasteiger partial charge in [0.1, 0.15) is 11.5 Å². The molecule has 0 spiro atoms. The quantitative estimate of drug-likeness (QED) is 0.444. The number of ether oxygens (including phenoxy) is 1. The van der Waals surface area contributed by atoms with E-state index in [0.717, 1.165) is 16.9 Å². The van der Waals surface area contributed by atoms with Gasteiger partial charge in [-0.1, -0.05) is 11.6 Å². The van der Waals surface area contributed by atoms with Crippen LogP contribution in [0.1, 0.15) is 30.9 Å². The fraction of sp³-hybridized carbons (Fsp3) is 0.263. The molecule has 0 bridgehead atoms. The van der Waals surface area contributed by atoms with E-state index < -0.39 is 0 Å². The molecule has 0 saturated carbocycles. The van der Waals surface area contributed by atoms with Gasteiger partial charge in [0.15, 0.2) is 0 Å². The van der Waals surface area contributed by atoms with Gasteiger partial charge in [-0.3, -0.25) is 4.79 Å². The maximum Gasteiger partial charge on any atom is 0.240 e. The number of aromatic hydroxyl groups is 1. The number of carbonyl (C=O) groups is 1. The van der Waals surface area contributed by atoms with Crippen molar-refractivity contribution in [3.8, 4) is 11.5 Å². The second kappa shape index (κ2) is 9.08. The summed E-state index contributed by atoms with van der Waals surface area (Å²) in [6.07, 6.45) is 0.903. The third kappa shape index (κ3) is 6.12. The minimum atomic E-state index is -0.172. The Morgan fingerprint density at radius 2 is 1.96 bits per heavy atom. The van der Waals surface area contributed by atoms with E-state index in [1.807, 2.05) is 19.1 Å². The van der Waals surface area contributed by atoms with Gasteiger partial charge in [0.05, 0.1) is 12.3 Å². The van der Waals surface area contributed by atoms with Crippen molar-refractivity contribution in [1.82, 2.24) is 5.43 Å². The highest BCUT2D eigenvalue weighted by Gasteiger charge is 2.04. The number of hydrogen-bond acceptors (Lipinski definition) is 4. The first-order chi connectivity index (χ1) is 12.0. The molecule has 0 aromatic heterocycles.